The van der Waals surface area contributed by atoms with Crippen LogP contribution >= 0.6 is 23.4 Å². The first-order valence-corrected chi connectivity index (χ1v) is 9.10. The van der Waals surface area contributed by atoms with E-state index >= 15 is 0 Å². The van der Waals surface area contributed by atoms with Gasteiger partial charge in [-0.2, -0.15) is 5.10 Å². The van der Waals surface area contributed by atoms with Gasteiger partial charge in [0.15, 0.2) is 5.17 Å². The SMILES string of the molecule is CC(=O)NCc1ccc(C2=NNC(=Nc3ccc(Cl)cc3)SC2)cc1. The highest BCUT2D eigenvalue weighted by atomic mass is 35.5. The molecule has 0 aliphatic carbocycles. The van der Waals surface area contributed by atoms with Crippen molar-refractivity contribution >= 4 is 45.8 Å². The summed E-state index contributed by atoms with van der Waals surface area (Å²) in [6.45, 7) is 2.05. The predicted octanol–water partition coefficient (Wildman–Crippen LogP) is 3.70. The summed E-state index contributed by atoms with van der Waals surface area (Å²) < 4.78 is 0. The lowest BCUT2D eigenvalue weighted by atomic mass is 10.1. The third-order valence-electron chi connectivity index (χ3n) is 3.52. The summed E-state index contributed by atoms with van der Waals surface area (Å²) in [7, 11) is 0. The molecule has 128 valence electrons. The molecule has 0 bridgehead atoms. The number of hydrogen-bond donors (Lipinski definition) is 2. The summed E-state index contributed by atoms with van der Waals surface area (Å²) in [5.41, 5.74) is 6.90. The molecule has 1 heterocycles. The molecule has 0 fully saturated rings. The van der Waals surface area contributed by atoms with Crippen molar-refractivity contribution in [3.8, 4) is 0 Å². The van der Waals surface area contributed by atoms with Crippen LogP contribution in [0.5, 0.6) is 0 Å². The van der Waals surface area contributed by atoms with Crippen LogP contribution in [-0.4, -0.2) is 22.5 Å². The number of aliphatic imine (C=N–C) groups is 1. The lowest BCUT2D eigenvalue weighted by Crippen LogP contribution is -2.25. The maximum atomic E-state index is 11.0. The van der Waals surface area contributed by atoms with Gasteiger partial charge in [0, 0.05) is 24.2 Å². The zero-order valence-corrected chi connectivity index (χ0v) is 15.2. The Kier molecular flexibility index (Phi) is 5.73. The Hall–Kier alpha value is -2.31. The largest absolute Gasteiger partial charge is 0.352 e. The normalized spacial score (nSPS) is 15.4. The van der Waals surface area contributed by atoms with E-state index in [4.69, 9.17) is 11.6 Å². The molecule has 0 saturated carbocycles. The number of carbonyl (C=O) groups is 1. The van der Waals surface area contributed by atoms with Crippen molar-refractivity contribution in [1.82, 2.24) is 10.7 Å². The van der Waals surface area contributed by atoms with Crippen molar-refractivity contribution in [1.29, 1.82) is 0 Å². The number of carbonyl (C=O) groups excluding carboxylic acids is 1. The first-order chi connectivity index (χ1) is 12.1. The number of benzene rings is 2. The van der Waals surface area contributed by atoms with E-state index < -0.39 is 0 Å². The van der Waals surface area contributed by atoms with Crippen LogP contribution in [0.2, 0.25) is 5.02 Å². The molecule has 2 aromatic carbocycles. The number of rotatable bonds is 4. The van der Waals surface area contributed by atoms with E-state index in [-0.39, 0.29) is 5.91 Å². The molecule has 2 aromatic rings. The van der Waals surface area contributed by atoms with E-state index in [9.17, 15) is 4.79 Å². The van der Waals surface area contributed by atoms with Gasteiger partial charge in [0.2, 0.25) is 5.91 Å². The second-order valence-corrected chi connectivity index (χ2v) is 6.86. The van der Waals surface area contributed by atoms with E-state index in [0.717, 1.165) is 33.4 Å². The first kappa shape index (κ1) is 17.5. The molecular formula is C18H17ClN4OS. The molecule has 7 heteroatoms. The molecule has 0 unspecified atom stereocenters. The molecule has 0 atom stereocenters. The predicted molar refractivity (Wildman–Crippen MR) is 105 cm³/mol. The molecule has 3 rings (SSSR count). The van der Waals surface area contributed by atoms with Crippen LogP contribution in [0.3, 0.4) is 0 Å². The van der Waals surface area contributed by atoms with Gasteiger partial charge in [-0.1, -0.05) is 47.6 Å². The summed E-state index contributed by atoms with van der Waals surface area (Å²) in [6, 6.07) is 15.4. The summed E-state index contributed by atoms with van der Waals surface area (Å²) in [5.74, 6) is 0.707. The molecule has 2 N–H and O–H groups in total. The van der Waals surface area contributed by atoms with E-state index in [1.807, 2.05) is 48.5 Å². The van der Waals surface area contributed by atoms with E-state index in [1.54, 1.807) is 11.8 Å². The van der Waals surface area contributed by atoms with Crippen LogP contribution in [-0.2, 0) is 11.3 Å². The summed E-state index contributed by atoms with van der Waals surface area (Å²) in [6.07, 6.45) is 0. The van der Waals surface area contributed by atoms with Gasteiger partial charge in [0.25, 0.3) is 0 Å². The van der Waals surface area contributed by atoms with Crippen molar-refractivity contribution in [2.24, 2.45) is 10.1 Å². The molecule has 0 saturated heterocycles. The minimum atomic E-state index is -0.0335. The Bertz CT molecular complexity index is 816. The molecule has 0 spiro atoms. The van der Waals surface area contributed by atoms with E-state index in [2.05, 4.69) is 20.8 Å². The maximum Gasteiger partial charge on any atom is 0.217 e. The van der Waals surface area contributed by atoms with Crippen LogP contribution < -0.4 is 10.7 Å². The number of hydrogen-bond acceptors (Lipinski definition) is 4. The third kappa shape index (κ3) is 5.08. The minimum absolute atomic E-state index is 0.0335. The van der Waals surface area contributed by atoms with Crippen LogP contribution in [0, 0.1) is 0 Å². The van der Waals surface area contributed by atoms with Crippen LogP contribution in [0.15, 0.2) is 58.6 Å². The van der Waals surface area contributed by atoms with Gasteiger partial charge in [0.05, 0.1) is 11.4 Å². The van der Waals surface area contributed by atoms with Crippen LogP contribution in [0.25, 0.3) is 0 Å². The highest BCUT2D eigenvalue weighted by Gasteiger charge is 2.13. The zero-order valence-electron chi connectivity index (χ0n) is 13.6. The molecular weight excluding hydrogens is 356 g/mol. The minimum Gasteiger partial charge on any atom is -0.352 e. The number of amides is 1. The van der Waals surface area contributed by atoms with Crippen LogP contribution in [0.4, 0.5) is 5.69 Å². The van der Waals surface area contributed by atoms with Gasteiger partial charge in [-0.05, 0) is 35.4 Å². The highest BCUT2D eigenvalue weighted by Crippen LogP contribution is 2.20. The number of thioether (sulfide) groups is 1. The summed E-state index contributed by atoms with van der Waals surface area (Å²) in [4.78, 5) is 15.5. The van der Waals surface area contributed by atoms with Gasteiger partial charge in [-0.15, -0.1) is 0 Å². The first-order valence-electron chi connectivity index (χ1n) is 7.73. The number of halogens is 1. The molecule has 1 aliphatic heterocycles. The fourth-order valence-corrected chi connectivity index (χ4v) is 3.11. The monoisotopic (exact) mass is 372 g/mol. The van der Waals surface area contributed by atoms with Crippen molar-refractivity contribution in [3.05, 3.63) is 64.7 Å². The van der Waals surface area contributed by atoms with Gasteiger partial charge in [-0.3, -0.25) is 10.2 Å². The number of nitrogens with one attached hydrogen (secondary N) is 2. The van der Waals surface area contributed by atoms with E-state index in [1.165, 1.54) is 6.92 Å². The van der Waals surface area contributed by atoms with E-state index in [0.29, 0.717) is 11.6 Å². The van der Waals surface area contributed by atoms with Gasteiger partial charge in [0.1, 0.15) is 0 Å². The fraction of sp³-hybridized carbons (Fsp3) is 0.167. The second kappa shape index (κ2) is 8.18. The average molecular weight is 373 g/mol. The molecule has 1 aliphatic rings. The lowest BCUT2D eigenvalue weighted by Gasteiger charge is -2.15. The Labute approximate surface area is 155 Å². The van der Waals surface area contributed by atoms with Crippen molar-refractivity contribution in [3.63, 3.8) is 0 Å². The van der Waals surface area contributed by atoms with Gasteiger partial charge in [-0.25, -0.2) is 4.99 Å². The summed E-state index contributed by atoms with van der Waals surface area (Å²) in [5, 5.41) is 8.65. The molecule has 0 aromatic heterocycles. The Morgan fingerprint density at radius 3 is 2.56 bits per heavy atom. The molecule has 0 radical (unpaired) electrons. The zero-order chi connectivity index (χ0) is 17.6. The number of amidine groups is 1. The summed E-state index contributed by atoms with van der Waals surface area (Å²) >= 11 is 7.48. The molecule has 25 heavy (non-hydrogen) atoms. The average Bonchev–Trinajstić information content (AvgIpc) is 2.63. The Morgan fingerprint density at radius 2 is 1.96 bits per heavy atom. The lowest BCUT2D eigenvalue weighted by molar-refractivity contribution is -0.119. The van der Waals surface area contributed by atoms with Crippen LogP contribution in [0.1, 0.15) is 18.1 Å². The Balaban J connectivity index is 1.64. The van der Waals surface area contributed by atoms with Gasteiger partial charge >= 0.3 is 0 Å². The number of nitrogens with zero attached hydrogens (tertiary/aromatic N) is 2. The third-order valence-corrected chi connectivity index (χ3v) is 4.64. The van der Waals surface area contributed by atoms with Crippen molar-refractivity contribution in [2.75, 3.05) is 5.75 Å². The smallest absolute Gasteiger partial charge is 0.217 e. The second-order valence-electron chi connectivity index (χ2n) is 5.46. The maximum absolute atomic E-state index is 11.0. The quantitative estimate of drug-likeness (QED) is 0.859. The van der Waals surface area contributed by atoms with Gasteiger partial charge < -0.3 is 5.32 Å². The highest BCUT2D eigenvalue weighted by molar-refractivity contribution is 8.14. The molecule has 1 amide bonds. The van der Waals surface area contributed by atoms with Crippen molar-refractivity contribution < 1.29 is 4.79 Å². The fourth-order valence-electron chi connectivity index (χ4n) is 2.20. The Morgan fingerprint density at radius 1 is 1.24 bits per heavy atom. The number of hydrazone groups is 1. The van der Waals surface area contributed by atoms with Crippen molar-refractivity contribution in [2.45, 2.75) is 13.5 Å². The topological polar surface area (TPSA) is 65.8 Å². The standard InChI is InChI=1S/C18H17ClN4OS/c1-12(24)20-10-13-2-4-14(5-3-13)17-11-25-18(23-22-17)21-16-8-6-15(19)7-9-16/h2-9H,10-11H2,1H3,(H,20,24)(H,21,23). The molecule has 5 nitrogen and oxygen atoms in total.